The number of ether oxygens (including phenoxy) is 2. The van der Waals surface area contributed by atoms with Crippen molar-refractivity contribution in [2.24, 2.45) is 7.05 Å². The van der Waals surface area contributed by atoms with Crippen LogP contribution in [0.2, 0.25) is 0 Å². The van der Waals surface area contributed by atoms with Crippen LogP contribution < -0.4 is 10.1 Å². The Morgan fingerprint density at radius 2 is 1.93 bits per heavy atom. The third kappa shape index (κ3) is 3.73. The van der Waals surface area contributed by atoms with Crippen molar-refractivity contribution in [1.82, 2.24) is 14.5 Å². The van der Waals surface area contributed by atoms with Gasteiger partial charge in [0.2, 0.25) is 5.95 Å². The van der Waals surface area contributed by atoms with E-state index >= 15 is 0 Å². The highest BCUT2D eigenvalue weighted by Crippen LogP contribution is 2.33. The van der Waals surface area contributed by atoms with E-state index in [1.54, 1.807) is 11.6 Å². The van der Waals surface area contributed by atoms with Crippen LogP contribution in [0.4, 0.5) is 28.6 Å². The Morgan fingerprint density at radius 3 is 2.63 bits per heavy atom. The normalized spacial score (nSPS) is 11.8. The fourth-order valence-corrected chi connectivity index (χ4v) is 3.73. The molecule has 0 saturated carbocycles. The Kier molecular flexibility index (Phi) is 4.73. The van der Waals surface area contributed by atoms with Crippen LogP contribution in [0.3, 0.4) is 0 Å². The van der Waals surface area contributed by atoms with Crippen molar-refractivity contribution in [3.8, 4) is 5.75 Å². The summed E-state index contributed by atoms with van der Waals surface area (Å²) in [5.41, 5.74) is 0.995. The van der Waals surface area contributed by atoms with Crippen LogP contribution in [-0.2, 0) is 11.8 Å². The number of anilines is 2. The summed E-state index contributed by atoms with van der Waals surface area (Å²) in [5, 5.41) is 3.32. The number of methoxy groups -OCH3 is 1. The second-order valence-corrected chi connectivity index (χ2v) is 7.16. The molecule has 0 bridgehead atoms. The van der Waals surface area contributed by atoms with Crippen molar-refractivity contribution >= 4 is 49.6 Å². The number of carbonyl (C=O) groups is 1. The number of rotatable bonds is 4. The molecule has 2 aromatic carbocycles. The summed E-state index contributed by atoms with van der Waals surface area (Å²) in [6.07, 6.45) is -4.79. The lowest BCUT2D eigenvalue weighted by molar-refractivity contribution is -0.274. The Morgan fingerprint density at radius 1 is 1.17 bits per heavy atom. The monoisotopic (exact) mass is 440 g/mol. The molecule has 0 fully saturated rings. The van der Waals surface area contributed by atoms with Crippen LogP contribution in [0, 0.1) is 5.82 Å². The fourth-order valence-electron chi connectivity index (χ4n) is 2.84. The zero-order valence-electron chi connectivity index (χ0n) is 15.4. The van der Waals surface area contributed by atoms with Crippen molar-refractivity contribution in [2.45, 2.75) is 6.36 Å². The van der Waals surface area contributed by atoms with Crippen LogP contribution in [-0.4, -0.2) is 34.0 Å². The molecule has 0 aliphatic heterocycles. The summed E-state index contributed by atoms with van der Waals surface area (Å²) in [5.74, 6) is -1.62. The highest BCUT2D eigenvalue weighted by molar-refractivity contribution is 7.22. The first-order valence-electron chi connectivity index (χ1n) is 8.32. The number of halogens is 4. The minimum absolute atomic E-state index is 0.244. The number of hydrogen-bond acceptors (Lipinski definition) is 7. The molecule has 0 spiro atoms. The number of nitrogens with zero attached hydrogens (tertiary/aromatic N) is 3. The summed E-state index contributed by atoms with van der Waals surface area (Å²) < 4.78 is 61.9. The zero-order chi connectivity index (χ0) is 21.6. The van der Waals surface area contributed by atoms with Gasteiger partial charge >= 0.3 is 12.3 Å². The van der Waals surface area contributed by atoms with Crippen LogP contribution in [0.1, 0.15) is 10.4 Å². The number of fused-ring (bicyclic) bond motifs is 2. The SMILES string of the molecule is COC(=O)c1cc2nc(Nc3nc4ccc(OC(F)(F)F)cc4s3)n(C)c2cc1F. The number of alkyl halides is 3. The molecule has 0 saturated heterocycles. The topological polar surface area (TPSA) is 78.3 Å². The van der Waals surface area contributed by atoms with Crippen molar-refractivity contribution < 1.29 is 31.8 Å². The van der Waals surface area contributed by atoms with E-state index in [9.17, 15) is 22.4 Å². The Hall–Kier alpha value is -3.41. The van der Waals surface area contributed by atoms with E-state index in [1.807, 2.05) is 0 Å². The number of imidazole rings is 1. The number of nitrogens with one attached hydrogen (secondary N) is 1. The molecule has 0 aliphatic carbocycles. The maximum absolute atomic E-state index is 14.2. The van der Waals surface area contributed by atoms with Gasteiger partial charge in [-0.25, -0.2) is 19.2 Å². The third-order valence-electron chi connectivity index (χ3n) is 4.19. The van der Waals surface area contributed by atoms with Gasteiger partial charge in [0.1, 0.15) is 11.6 Å². The molecule has 0 unspecified atom stereocenters. The Bertz CT molecular complexity index is 1280. The fraction of sp³-hybridized carbons (Fsp3) is 0.167. The summed E-state index contributed by atoms with van der Waals surface area (Å²) in [6.45, 7) is 0. The summed E-state index contributed by atoms with van der Waals surface area (Å²) in [4.78, 5) is 20.3. The van der Waals surface area contributed by atoms with Gasteiger partial charge in [-0.2, -0.15) is 0 Å². The molecule has 0 aliphatic rings. The van der Waals surface area contributed by atoms with Crippen LogP contribution >= 0.6 is 11.3 Å². The molecule has 4 aromatic rings. The van der Waals surface area contributed by atoms with E-state index < -0.39 is 18.1 Å². The number of hydrogen-bond donors (Lipinski definition) is 1. The lowest BCUT2D eigenvalue weighted by Gasteiger charge is -2.07. The van der Waals surface area contributed by atoms with E-state index in [1.165, 1.54) is 30.3 Å². The van der Waals surface area contributed by atoms with E-state index in [0.717, 1.165) is 18.4 Å². The predicted molar refractivity (Wildman–Crippen MR) is 102 cm³/mol. The molecule has 2 heterocycles. The third-order valence-corrected chi connectivity index (χ3v) is 5.12. The Labute approximate surface area is 169 Å². The first kappa shape index (κ1) is 19.9. The molecular weight excluding hydrogens is 428 g/mol. The maximum Gasteiger partial charge on any atom is 0.573 e. The first-order chi connectivity index (χ1) is 14.1. The average molecular weight is 440 g/mol. The molecular formula is C18H12F4N4O3S. The zero-order valence-corrected chi connectivity index (χ0v) is 16.2. The smallest absolute Gasteiger partial charge is 0.465 e. The number of benzene rings is 2. The van der Waals surface area contributed by atoms with Gasteiger partial charge in [0, 0.05) is 19.2 Å². The van der Waals surface area contributed by atoms with E-state index in [4.69, 9.17) is 0 Å². The van der Waals surface area contributed by atoms with Gasteiger partial charge in [-0.1, -0.05) is 11.3 Å². The molecule has 4 rings (SSSR count). The largest absolute Gasteiger partial charge is 0.573 e. The maximum atomic E-state index is 14.2. The quantitative estimate of drug-likeness (QED) is 0.365. The first-order valence-corrected chi connectivity index (χ1v) is 9.14. The summed E-state index contributed by atoms with van der Waals surface area (Å²) in [6, 6.07) is 6.26. The molecule has 156 valence electrons. The van der Waals surface area contributed by atoms with Crippen LogP contribution in [0.25, 0.3) is 21.3 Å². The number of thiazole rings is 1. The standard InChI is InChI=1S/C18H12F4N4O3S/c1-26-13-7-10(19)9(15(27)28-2)6-12(13)23-16(26)25-17-24-11-4-3-8(5-14(11)30-17)29-18(20,21)22/h3-7H,1-2H3,(H,23,24,25). The van der Waals surface area contributed by atoms with Crippen LogP contribution in [0.15, 0.2) is 30.3 Å². The second-order valence-electron chi connectivity index (χ2n) is 6.13. The van der Waals surface area contributed by atoms with Crippen molar-refractivity contribution in [3.63, 3.8) is 0 Å². The van der Waals surface area contributed by atoms with Gasteiger partial charge in [0.15, 0.2) is 5.13 Å². The average Bonchev–Trinajstić information content (AvgIpc) is 3.20. The van der Waals surface area contributed by atoms with Crippen molar-refractivity contribution in [3.05, 3.63) is 41.7 Å². The molecule has 1 N–H and O–H groups in total. The second kappa shape index (κ2) is 7.13. The number of aromatic nitrogens is 3. The summed E-state index contributed by atoms with van der Waals surface area (Å²) in [7, 11) is 2.78. The molecule has 2 aromatic heterocycles. The lowest BCUT2D eigenvalue weighted by Crippen LogP contribution is -2.16. The number of aryl methyl sites for hydroxylation is 1. The van der Waals surface area contributed by atoms with Crippen molar-refractivity contribution in [2.75, 3.05) is 12.4 Å². The lowest BCUT2D eigenvalue weighted by atomic mass is 10.2. The highest BCUT2D eigenvalue weighted by Gasteiger charge is 2.31. The molecule has 0 atom stereocenters. The van der Waals surface area contributed by atoms with Gasteiger partial charge in [0.25, 0.3) is 0 Å². The summed E-state index contributed by atoms with van der Waals surface area (Å²) >= 11 is 1.09. The molecule has 7 nitrogen and oxygen atoms in total. The predicted octanol–water partition coefficient (Wildman–Crippen LogP) is 4.75. The van der Waals surface area contributed by atoms with Gasteiger partial charge in [0.05, 0.1) is 33.9 Å². The highest BCUT2D eigenvalue weighted by atomic mass is 32.1. The van der Waals surface area contributed by atoms with Gasteiger partial charge in [-0.05, 0) is 18.2 Å². The van der Waals surface area contributed by atoms with Crippen LogP contribution in [0.5, 0.6) is 5.75 Å². The number of esters is 1. The molecule has 12 heteroatoms. The van der Waals surface area contributed by atoms with E-state index in [-0.39, 0.29) is 11.3 Å². The molecule has 0 radical (unpaired) electrons. The molecule has 30 heavy (non-hydrogen) atoms. The Balaban J connectivity index is 1.67. The van der Waals surface area contributed by atoms with Gasteiger partial charge in [-0.3, -0.25) is 0 Å². The van der Waals surface area contributed by atoms with Gasteiger partial charge in [-0.15, -0.1) is 13.2 Å². The van der Waals surface area contributed by atoms with Gasteiger partial charge < -0.3 is 19.4 Å². The number of carbonyl (C=O) groups excluding carboxylic acids is 1. The molecule has 0 amide bonds. The van der Waals surface area contributed by atoms with E-state index in [2.05, 4.69) is 24.8 Å². The van der Waals surface area contributed by atoms with E-state index in [0.29, 0.717) is 32.3 Å². The van der Waals surface area contributed by atoms with Crippen molar-refractivity contribution in [1.29, 1.82) is 0 Å². The minimum Gasteiger partial charge on any atom is -0.465 e. The minimum atomic E-state index is -4.79.